The number of pyridine rings is 1. The van der Waals surface area contributed by atoms with Crippen molar-refractivity contribution in [2.75, 3.05) is 31.1 Å². The van der Waals surface area contributed by atoms with Gasteiger partial charge in [-0.25, -0.2) is 4.79 Å². The molecular weight excluding hydrogens is 356 g/mol. The zero-order valence-electron chi connectivity index (χ0n) is 17.0. The number of carbonyl (C=O) groups excluding carboxylic acids is 2. The van der Waals surface area contributed by atoms with Crippen molar-refractivity contribution in [3.05, 3.63) is 24.0 Å². The molecule has 3 heterocycles. The molecule has 0 saturated carbocycles. The van der Waals surface area contributed by atoms with E-state index in [-0.39, 0.29) is 18.0 Å². The Morgan fingerprint density at radius 3 is 2.68 bits per heavy atom. The van der Waals surface area contributed by atoms with Gasteiger partial charge in [-0.15, -0.1) is 0 Å². The Morgan fingerprint density at radius 2 is 1.96 bits per heavy atom. The second-order valence-corrected chi connectivity index (χ2v) is 7.58. The minimum absolute atomic E-state index is 0.0574. The van der Waals surface area contributed by atoms with Gasteiger partial charge in [0.05, 0.1) is 6.61 Å². The second-order valence-electron chi connectivity index (χ2n) is 7.58. The maximum absolute atomic E-state index is 12.7. The van der Waals surface area contributed by atoms with Gasteiger partial charge in [-0.2, -0.15) is 0 Å². The summed E-state index contributed by atoms with van der Waals surface area (Å²) in [5.74, 6) is -0.138. The SMILES string of the molecule is CCOC(=O)N1CCC(NC(=O)c2cc(N3CCCCC3CC)ccn2)CC1. The van der Waals surface area contributed by atoms with Crippen LogP contribution in [0.3, 0.4) is 0 Å². The van der Waals surface area contributed by atoms with Gasteiger partial charge in [0.15, 0.2) is 0 Å². The number of hydrogen-bond acceptors (Lipinski definition) is 5. The molecule has 2 aliphatic heterocycles. The maximum Gasteiger partial charge on any atom is 0.409 e. The van der Waals surface area contributed by atoms with E-state index in [9.17, 15) is 9.59 Å². The number of hydrogen-bond donors (Lipinski definition) is 1. The van der Waals surface area contributed by atoms with Crippen LogP contribution in [0.2, 0.25) is 0 Å². The van der Waals surface area contributed by atoms with Crippen LogP contribution in [-0.4, -0.2) is 60.2 Å². The normalized spacial score (nSPS) is 20.7. The van der Waals surface area contributed by atoms with Crippen molar-refractivity contribution in [2.24, 2.45) is 0 Å². The van der Waals surface area contributed by atoms with Crippen LogP contribution >= 0.6 is 0 Å². The Bertz CT molecular complexity index is 673. The molecule has 1 unspecified atom stereocenters. The van der Waals surface area contributed by atoms with Gasteiger partial charge in [-0.3, -0.25) is 9.78 Å². The van der Waals surface area contributed by atoms with E-state index in [2.05, 4.69) is 22.1 Å². The summed E-state index contributed by atoms with van der Waals surface area (Å²) in [4.78, 5) is 32.9. The number of likely N-dealkylation sites (tertiary alicyclic amines) is 1. The predicted molar refractivity (Wildman–Crippen MR) is 109 cm³/mol. The van der Waals surface area contributed by atoms with E-state index in [0.717, 1.165) is 31.5 Å². The number of piperidine rings is 2. The lowest BCUT2D eigenvalue weighted by atomic mass is 9.99. The lowest BCUT2D eigenvalue weighted by molar-refractivity contribution is 0.0856. The number of aromatic nitrogens is 1. The van der Waals surface area contributed by atoms with Crippen LogP contribution < -0.4 is 10.2 Å². The molecule has 1 atom stereocenters. The van der Waals surface area contributed by atoms with Crippen molar-refractivity contribution in [2.45, 2.75) is 64.5 Å². The molecule has 0 aromatic carbocycles. The van der Waals surface area contributed by atoms with Gasteiger partial charge in [0, 0.05) is 43.6 Å². The van der Waals surface area contributed by atoms with Crippen LogP contribution in [0, 0.1) is 0 Å². The molecule has 3 rings (SSSR count). The van der Waals surface area contributed by atoms with Crippen LogP contribution in [0.5, 0.6) is 0 Å². The second kappa shape index (κ2) is 9.75. The van der Waals surface area contributed by atoms with Crippen LogP contribution in [0.15, 0.2) is 18.3 Å². The lowest BCUT2D eigenvalue weighted by Gasteiger charge is -2.37. The standard InChI is InChI=1S/C21H32N4O3/c1-3-17-7-5-6-12-25(17)18-8-11-22-19(15-18)20(26)23-16-9-13-24(14-10-16)21(27)28-4-2/h8,11,15-17H,3-7,9-10,12-14H2,1-2H3,(H,23,26). The molecule has 154 valence electrons. The first-order valence-electron chi connectivity index (χ1n) is 10.6. The molecular formula is C21H32N4O3. The van der Waals surface area contributed by atoms with Crippen LogP contribution in [0.25, 0.3) is 0 Å². The van der Waals surface area contributed by atoms with E-state index in [0.29, 0.717) is 31.4 Å². The molecule has 1 aromatic heterocycles. The third kappa shape index (κ3) is 4.94. The number of amides is 2. The number of nitrogens with zero attached hydrogens (tertiary/aromatic N) is 3. The molecule has 2 amide bonds. The first kappa shape index (κ1) is 20.4. The van der Waals surface area contributed by atoms with E-state index in [1.165, 1.54) is 19.3 Å². The first-order valence-corrected chi connectivity index (χ1v) is 10.6. The van der Waals surface area contributed by atoms with Gasteiger partial charge < -0.3 is 19.9 Å². The molecule has 7 heteroatoms. The van der Waals surface area contributed by atoms with E-state index in [1.807, 2.05) is 12.1 Å². The van der Waals surface area contributed by atoms with Gasteiger partial charge >= 0.3 is 6.09 Å². The van der Waals surface area contributed by atoms with E-state index >= 15 is 0 Å². The average molecular weight is 389 g/mol. The highest BCUT2D eigenvalue weighted by Gasteiger charge is 2.26. The topological polar surface area (TPSA) is 74.8 Å². The number of rotatable bonds is 5. The van der Waals surface area contributed by atoms with Crippen molar-refractivity contribution >= 4 is 17.7 Å². The van der Waals surface area contributed by atoms with E-state index < -0.39 is 0 Å². The summed E-state index contributed by atoms with van der Waals surface area (Å²) in [7, 11) is 0. The van der Waals surface area contributed by atoms with Crippen molar-refractivity contribution in [1.29, 1.82) is 0 Å². The third-order valence-corrected chi connectivity index (χ3v) is 5.76. The fourth-order valence-corrected chi connectivity index (χ4v) is 4.17. The molecule has 2 saturated heterocycles. The summed E-state index contributed by atoms with van der Waals surface area (Å²) in [6, 6.07) is 4.51. The van der Waals surface area contributed by atoms with Gasteiger partial charge in [0.25, 0.3) is 5.91 Å². The summed E-state index contributed by atoms with van der Waals surface area (Å²) in [5, 5.41) is 3.08. The summed E-state index contributed by atoms with van der Waals surface area (Å²) in [5.41, 5.74) is 1.55. The lowest BCUT2D eigenvalue weighted by Crippen LogP contribution is -2.46. The smallest absolute Gasteiger partial charge is 0.409 e. The quantitative estimate of drug-likeness (QED) is 0.838. The van der Waals surface area contributed by atoms with Crippen molar-refractivity contribution in [1.82, 2.24) is 15.2 Å². The van der Waals surface area contributed by atoms with Gasteiger partial charge in [0.2, 0.25) is 0 Å². The minimum Gasteiger partial charge on any atom is -0.450 e. The predicted octanol–water partition coefficient (Wildman–Crippen LogP) is 3.20. The van der Waals surface area contributed by atoms with E-state index in [1.54, 1.807) is 18.0 Å². The zero-order valence-corrected chi connectivity index (χ0v) is 17.0. The molecule has 28 heavy (non-hydrogen) atoms. The van der Waals surface area contributed by atoms with Gasteiger partial charge in [-0.1, -0.05) is 6.92 Å². The molecule has 7 nitrogen and oxygen atoms in total. The molecule has 0 radical (unpaired) electrons. The molecule has 1 N–H and O–H groups in total. The summed E-state index contributed by atoms with van der Waals surface area (Å²) in [6.07, 6.45) is 7.71. The van der Waals surface area contributed by atoms with Gasteiger partial charge in [-0.05, 0) is 57.6 Å². The maximum atomic E-state index is 12.7. The number of carbonyl (C=O) groups is 2. The van der Waals surface area contributed by atoms with Crippen molar-refractivity contribution in [3.63, 3.8) is 0 Å². The number of ether oxygens (including phenoxy) is 1. The summed E-state index contributed by atoms with van der Waals surface area (Å²) in [6.45, 7) is 6.65. The Labute approximate surface area is 167 Å². The van der Waals surface area contributed by atoms with Crippen LogP contribution in [-0.2, 0) is 4.74 Å². The molecule has 2 fully saturated rings. The number of anilines is 1. The Balaban J connectivity index is 1.57. The third-order valence-electron chi connectivity index (χ3n) is 5.76. The first-order chi connectivity index (χ1) is 13.6. The average Bonchev–Trinajstić information content (AvgIpc) is 2.74. The molecule has 0 aliphatic carbocycles. The highest BCUT2D eigenvalue weighted by atomic mass is 16.6. The van der Waals surface area contributed by atoms with Gasteiger partial charge in [0.1, 0.15) is 5.69 Å². The Kier molecular flexibility index (Phi) is 7.12. The molecule has 1 aromatic rings. The largest absolute Gasteiger partial charge is 0.450 e. The van der Waals surface area contributed by atoms with Crippen LogP contribution in [0.4, 0.5) is 10.5 Å². The van der Waals surface area contributed by atoms with E-state index in [4.69, 9.17) is 4.74 Å². The highest BCUT2D eigenvalue weighted by molar-refractivity contribution is 5.93. The molecule has 2 aliphatic rings. The Morgan fingerprint density at radius 1 is 1.18 bits per heavy atom. The molecule has 0 spiro atoms. The summed E-state index contributed by atoms with van der Waals surface area (Å²) >= 11 is 0. The van der Waals surface area contributed by atoms with Crippen molar-refractivity contribution in [3.8, 4) is 0 Å². The monoisotopic (exact) mass is 388 g/mol. The number of nitrogens with one attached hydrogen (secondary N) is 1. The minimum atomic E-state index is -0.270. The fraction of sp³-hybridized carbons (Fsp3) is 0.667. The van der Waals surface area contributed by atoms with Crippen LogP contribution in [0.1, 0.15) is 62.9 Å². The fourth-order valence-electron chi connectivity index (χ4n) is 4.17. The van der Waals surface area contributed by atoms with Crippen molar-refractivity contribution < 1.29 is 14.3 Å². The molecule has 0 bridgehead atoms. The Hall–Kier alpha value is -2.31. The highest BCUT2D eigenvalue weighted by Crippen LogP contribution is 2.26. The zero-order chi connectivity index (χ0) is 19.9. The summed E-state index contributed by atoms with van der Waals surface area (Å²) < 4.78 is 5.04.